The molecular formula is C13H16F2O5S. The monoisotopic (exact) mass is 322 g/mol. The summed E-state index contributed by atoms with van der Waals surface area (Å²) in [5.41, 5.74) is 0. The highest BCUT2D eigenvalue weighted by molar-refractivity contribution is 7.87. The van der Waals surface area contributed by atoms with Crippen LogP contribution in [-0.4, -0.2) is 30.3 Å². The quantitative estimate of drug-likeness (QED) is 0.632. The van der Waals surface area contributed by atoms with Crippen molar-refractivity contribution in [3.8, 4) is 0 Å². The van der Waals surface area contributed by atoms with Crippen LogP contribution in [0.15, 0.2) is 0 Å². The molecule has 1 N–H and O–H groups in total. The Morgan fingerprint density at radius 1 is 1.10 bits per heavy atom. The maximum atomic E-state index is 13.3. The molecule has 5 nitrogen and oxygen atoms in total. The summed E-state index contributed by atoms with van der Waals surface area (Å²) >= 11 is 0. The van der Waals surface area contributed by atoms with Crippen LogP contribution in [0.25, 0.3) is 0 Å². The summed E-state index contributed by atoms with van der Waals surface area (Å²) in [6, 6.07) is 0. The van der Waals surface area contributed by atoms with Gasteiger partial charge in [-0.05, 0) is 61.2 Å². The van der Waals surface area contributed by atoms with E-state index in [0.29, 0.717) is 23.7 Å². The lowest BCUT2D eigenvalue weighted by Crippen LogP contribution is -2.46. The summed E-state index contributed by atoms with van der Waals surface area (Å²) in [6.45, 7) is 0. The van der Waals surface area contributed by atoms with E-state index in [1.807, 2.05) is 0 Å². The van der Waals surface area contributed by atoms with Gasteiger partial charge in [0.25, 0.3) is 0 Å². The van der Waals surface area contributed by atoms with E-state index in [1.54, 1.807) is 0 Å². The lowest BCUT2D eigenvalue weighted by Gasteiger charge is -2.46. The minimum atomic E-state index is -5.79. The molecular weight excluding hydrogens is 306 g/mol. The lowest BCUT2D eigenvalue weighted by atomic mass is 9.60. The summed E-state index contributed by atoms with van der Waals surface area (Å²) < 4.78 is 61.3. The topological polar surface area (TPSA) is 80.7 Å². The second-order valence-corrected chi connectivity index (χ2v) is 8.46. The highest BCUT2D eigenvalue weighted by Crippen LogP contribution is 2.69. The fraction of sp³-hybridized carbons (Fsp3) is 0.923. The van der Waals surface area contributed by atoms with Crippen LogP contribution >= 0.6 is 0 Å². The number of hydrogen-bond donors (Lipinski definition) is 1. The van der Waals surface area contributed by atoms with Crippen LogP contribution in [0.1, 0.15) is 25.7 Å². The van der Waals surface area contributed by atoms with Crippen molar-refractivity contribution >= 4 is 16.1 Å². The molecule has 5 rings (SSSR count). The highest BCUT2D eigenvalue weighted by Gasteiger charge is 2.67. The van der Waals surface area contributed by atoms with Gasteiger partial charge in [0.05, 0.1) is 0 Å². The maximum absolute atomic E-state index is 13.3. The van der Waals surface area contributed by atoms with Gasteiger partial charge in [-0.15, -0.1) is 0 Å². The third kappa shape index (κ3) is 1.69. The van der Waals surface area contributed by atoms with Crippen molar-refractivity contribution in [1.29, 1.82) is 0 Å². The molecule has 0 saturated heterocycles. The number of alkyl halides is 2. The van der Waals surface area contributed by atoms with Crippen LogP contribution < -0.4 is 0 Å². The number of rotatable bonds is 3. The first-order chi connectivity index (χ1) is 9.70. The van der Waals surface area contributed by atoms with Gasteiger partial charge in [0, 0.05) is 0 Å². The molecule has 5 aliphatic rings. The van der Waals surface area contributed by atoms with Gasteiger partial charge in [-0.2, -0.15) is 17.2 Å². The molecule has 0 aliphatic heterocycles. The van der Waals surface area contributed by atoms with Crippen LogP contribution in [0.4, 0.5) is 8.78 Å². The predicted molar refractivity (Wildman–Crippen MR) is 65.8 cm³/mol. The number of carbonyl (C=O) groups is 1. The van der Waals surface area contributed by atoms with Crippen molar-refractivity contribution in [1.82, 2.24) is 0 Å². The molecule has 5 aliphatic carbocycles. The Bertz CT molecular complexity index is 600. The average molecular weight is 322 g/mol. The standard InChI is InChI=1S/C13H16F2O5S/c14-13(15,21(17,18)19)12(16)20-11-8-4-6-1-5-2-7(8)10(6)9(11)3-5/h5-11H,1-4H2,(H,17,18,19). The number of halogens is 2. The molecule has 0 radical (unpaired) electrons. The molecule has 5 saturated carbocycles. The molecule has 7 atom stereocenters. The van der Waals surface area contributed by atoms with Crippen molar-refractivity contribution in [3.63, 3.8) is 0 Å². The van der Waals surface area contributed by atoms with E-state index >= 15 is 0 Å². The molecule has 0 aromatic rings. The second kappa shape index (κ2) is 3.95. The van der Waals surface area contributed by atoms with Crippen LogP contribution in [-0.2, 0) is 19.6 Å². The van der Waals surface area contributed by atoms with Gasteiger partial charge in [-0.25, -0.2) is 4.79 Å². The zero-order chi connectivity index (χ0) is 15.2. The first kappa shape index (κ1) is 13.9. The number of hydrogen-bond acceptors (Lipinski definition) is 4. The summed E-state index contributed by atoms with van der Waals surface area (Å²) in [7, 11) is -5.79. The van der Waals surface area contributed by atoms with Crippen LogP contribution in [0.2, 0.25) is 0 Å². The first-order valence-electron chi connectivity index (χ1n) is 7.26. The molecule has 8 heteroatoms. The molecule has 5 fully saturated rings. The molecule has 0 amide bonds. The van der Waals surface area contributed by atoms with Gasteiger partial charge < -0.3 is 4.74 Å². The fourth-order valence-electron chi connectivity index (χ4n) is 5.73. The van der Waals surface area contributed by atoms with Gasteiger partial charge in [-0.1, -0.05) is 0 Å². The predicted octanol–water partition coefficient (Wildman–Crippen LogP) is 1.69. The Labute approximate surface area is 120 Å². The molecule has 6 bridgehead atoms. The third-order valence-corrected chi connectivity index (χ3v) is 6.97. The van der Waals surface area contributed by atoms with Crippen molar-refractivity contribution < 1.29 is 31.3 Å². The van der Waals surface area contributed by atoms with Crippen LogP contribution in [0.5, 0.6) is 0 Å². The van der Waals surface area contributed by atoms with Gasteiger partial charge in [0.15, 0.2) is 0 Å². The minimum Gasteiger partial charge on any atom is -0.456 e. The Balaban J connectivity index is 1.56. The molecule has 118 valence electrons. The smallest absolute Gasteiger partial charge is 0.456 e. The van der Waals surface area contributed by atoms with E-state index in [4.69, 9.17) is 9.29 Å². The first-order valence-corrected chi connectivity index (χ1v) is 8.70. The van der Waals surface area contributed by atoms with Crippen molar-refractivity contribution in [3.05, 3.63) is 0 Å². The average Bonchev–Trinajstić information content (AvgIpc) is 2.75. The SMILES string of the molecule is O=C(OC1C2CC3CC4CC2C3C1C4)C(F)(F)S(=O)(=O)O. The third-order valence-electron chi connectivity index (χ3n) is 6.15. The Morgan fingerprint density at radius 3 is 2.38 bits per heavy atom. The molecule has 0 aromatic carbocycles. The summed E-state index contributed by atoms with van der Waals surface area (Å²) in [6.07, 6.45) is 3.42. The minimum absolute atomic E-state index is 0.0821. The van der Waals surface area contributed by atoms with Gasteiger partial charge in [-0.3, -0.25) is 4.55 Å². The van der Waals surface area contributed by atoms with Crippen LogP contribution in [0.3, 0.4) is 0 Å². The number of carbonyl (C=O) groups excluding carboxylic acids is 1. The van der Waals surface area contributed by atoms with E-state index in [9.17, 15) is 22.0 Å². The van der Waals surface area contributed by atoms with Gasteiger partial charge >= 0.3 is 21.3 Å². The van der Waals surface area contributed by atoms with E-state index in [-0.39, 0.29) is 11.8 Å². The van der Waals surface area contributed by atoms with Crippen molar-refractivity contribution in [2.45, 2.75) is 37.0 Å². The van der Waals surface area contributed by atoms with Crippen LogP contribution in [0, 0.1) is 35.5 Å². The maximum Gasteiger partial charge on any atom is 0.465 e. The number of esters is 1. The van der Waals surface area contributed by atoms with E-state index in [0.717, 1.165) is 19.3 Å². The zero-order valence-electron chi connectivity index (χ0n) is 11.1. The Kier molecular flexibility index (Phi) is 2.61. The van der Waals surface area contributed by atoms with Crippen molar-refractivity contribution in [2.24, 2.45) is 35.5 Å². The van der Waals surface area contributed by atoms with Gasteiger partial charge in [0.2, 0.25) is 0 Å². The molecule has 0 heterocycles. The summed E-state index contributed by atoms with van der Waals surface area (Å²) in [4.78, 5) is 11.5. The molecule has 0 spiro atoms. The second-order valence-electron chi connectivity index (χ2n) is 7.00. The number of ether oxygens (including phenoxy) is 1. The Hall–Kier alpha value is -0.760. The van der Waals surface area contributed by atoms with E-state index < -0.39 is 27.4 Å². The molecule has 0 aromatic heterocycles. The molecule has 21 heavy (non-hydrogen) atoms. The fourth-order valence-corrected chi connectivity index (χ4v) is 5.99. The molecule has 7 unspecified atom stereocenters. The van der Waals surface area contributed by atoms with E-state index in [1.165, 1.54) is 6.42 Å². The normalized spacial score (nSPS) is 47.1. The highest BCUT2D eigenvalue weighted by atomic mass is 32.2. The van der Waals surface area contributed by atoms with E-state index in [2.05, 4.69) is 0 Å². The van der Waals surface area contributed by atoms with Gasteiger partial charge in [0.1, 0.15) is 6.10 Å². The summed E-state index contributed by atoms with van der Waals surface area (Å²) in [5.74, 6) is 0.120. The lowest BCUT2D eigenvalue weighted by molar-refractivity contribution is -0.175. The Morgan fingerprint density at radius 2 is 1.76 bits per heavy atom. The largest absolute Gasteiger partial charge is 0.465 e. The summed E-state index contributed by atoms with van der Waals surface area (Å²) in [5, 5.41) is -4.88. The zero-order valence-corrected chi connectivity index (χ0v) is 11.9. The van der Waals surface area contributed by atoms with Crippen molar-refractivity contribution in [2.75, 3.05) is 0 Å².